The summed E-state index contributed by atoms with van der Waals surface area (Å²) in [4.78, 5) is 11.0. The minimum Gasteiger partial charge on any atom is -0.464 e. The molecule has 0 amide bonds. The van der Waals surface area contributed by atoms with Crippen molar-refractivity contribution in [2.24, 2.45) is 0 Å². The zero-order chi connectivity index (χ0) is 9.84. The highest BCUT2D eigenvalue weighted by atomic mass is 16.5. The number of aliphatic hydroxyl groups excluding tert-OH is 1. The van der Waals surface area contributed by atoms with E-state index in [9.17, 15) is 4.79 Å². The van der Waals surface area contributed by atoms with Crippen LogP contribution in [0.3, 0.4) is 0 Å². The van der Waals surface area contributed by atoms with Crippen molar-refractivity contribution in [1.29, 1.82) is 0 Å². The molecule has 0 saturated carbocycles. The lowest BCUT2D eigenvalue weighted by atomic mass is 10.4. The molecule has 0 spiro atoms. The maximum Gasteiger partial charge on any atom is 0.362 e. The highest BCUT2D eigenvalue weighted by molar-refractivity contribution is 5.91. The van der Waals surface area contributed by atoms with E-state index in [0.717, 1.165) is 0 Å². The van der Waals surface area contributed by atoms with Crippen molar-refractivity contribution in [1.82, 2.24) is 15.0 Å². The van der Waals surface area contributed by atoms with Crippen molar-refractivity contribution in [2.45, 2.75) is 6.54 Å². The molecule has 0 aliphatic heterocycles. The average Bonchev–Trinajstić information content (AvgIpc) is 2.48. The summed E-state index contributed by atoms with van der Waals surface area (Å²) in [6, 6.07) is 0. The second-order valence-electron chi connectivity index (χ2n) is 2.26. The van der Waals surface area contributed by atoms with Gasteiger partial charge in [-0.2, -0.15) is 0 Å². The third-order valence-electron chi connectivity index (χ3n) is 1.46. The van der Waals surface area contributed by atoms with Gasteiger partial charge < -0.3 is 15.6 Å². The van der Waals surface area contributed by atoms with E-state index < -0.39 is 5.97 Å². The summed E-state index contributed by atoms with van der Waals surface area (Å²) in [5.41, 5.74) is 5.46. The molecule has 0 unspecified atom stereocenters. The molecule has 1 rings (SSSR count). The van der Waals surface area contributed by atoms with Crippen LogP contribution in [-0.4, -0.2) is 39.8 Å². The Morgan fingerprint density at radius 1 is 1.77 bits per heavy atom. The van der Waals surface area contributed by atoms with Crippen molar-refractivity contribution in [3.8, 4) is 0 Å². The summed E-state index contributed by atoms with van der Waals surface area (Å²) < 4.78 is 5.64. The van der Waals surface area contributed by atoms with Gasteiger partial charge in [0.1, 0.15) is 0 Å². The molecule has 72 valence electrons. The minimum absolute atomic E-state index is 0.0315. The molecule has 7 nitrogen and oxygen atoms in total. The van der Waals surface area contributed by atoms with E-state index in [-0.39, 0.29) is 24.7 Å². The summed E-state index contributed by atoms with van der Waals surface area (Å²) in [7, 11) is 1.23. The predicted molar refractivity (Wildman–Crippen MR) is 42.9 cm³/mol. The topological polar surface area (TPSA) is 103 Å². The Labute approximate surface area is 74.1 Å². The number of ether oxygens (including phenoxy) is 1. The van der Waals surface area contributed by atoms with Crippen LogP contribution in [0.15, 0.2) is 0 Å². The number of aliphatic hydroxyl groups is 1. The summed E-state index contributed by atoms with van der Waals surface area (Å²) in [5.74, 6) is -0.539. The summed E-state index contributed by atoms with van der Waals surface area (Å²) in [6.07, 6.45) is 0. The number of nitrogen functional groups attached to an aromatic ring is 1. The molecular weight excluding hydrogens is 176 g/mol. The van der Waals surface area contributed by atoms with E-state index in [4.69, 9.17) is 10.8 Å². The molecule has 0 aliphatic rings. The fourth-order valence-electron chi connectivity index (χ4n) is 0.822. The van der Waals surface area contributed by atoms with Gasteiger partial charge in [-0.1, -0.05) is 5.21 Å². The van der Waals surface area contributed by atoms with Crippen LogP contribution < -0.4 is 5.73 Å². The zero-order valence-corrected chi connectivity index (χ0v) is 7.10. The number of esters is 1. The van der Waals surface area contributed by atoms with Crippen molar-refractivity contribution in [3.05, 3.63) is 5.69 Å². The van der Waals surface area contributed by atoms with Crippen molar-refractivity contribution in [2.75, 3.05) is 19.5 Å². The number of aromatic nitrogens is 3. The van der Waals surface area contributed by atoms with Crippen LogP contribution in [0.4, 0.5) is 5.82 Å². The molecule has 0 saturated heterocycles. The van der Waals surface area contributed by atoms with Crippen LogP contribution in [0.25, 0.3) is 0 Å². The van der Waals surface area contributed by atoms with Crippen LogP contribution in [0.2, 0.25) is 0 Å². The van der Waals surface area contributed by atoms with E-state index in [1.54, 1.807) is 0 Å². The molecule has 0 fully saturated rings. The molecule has 0 aliphatic carbocycles. The van der Waals surface area contributed by atoms with Crippen LogP contribution in [0.1, 0.15) is 10.5 Å². The number of hydrogen-bond donors (Lipinski definition) is 2. The summed E-state index contributed by atoms with van der Waals surface area (Å²) in [6.45, 7) is 0.0873. The number of methoxy groups -OCH3 is 1. The normalized spacial score (nSPS) is 10.0. The molecule has 13 heavy (non-hydrogen) atoms. The third kappa shape index (κ3) is 1.75. The maximum absolute atomic E-state index is 11.0. The van der Waals surface area contributed by atoms with Gasteiger partial charge in [-0.05, 0) is 0 Å². The Morgan fingerprint density at radius 3 is 3.00 bits per heavy atom. The number of anilines is 1. The second-order valence-corrected chi connectivity index (χ2v) is 2.26. The van der Waals surface area contributed by atoms with Gasteiger partial charge in [0, 0.05) is 0 Å². The van der Waals surface area contributed by atoms with E-state index in [1.165, 1.54) is 11.8 Å². The van der Waals surface area contributed by atoms with Gasteiger partial charge >= 0.3 is 5.97 Å². The summed E-state index contributed by atoms with van der Waals surface area (Å²) >= 11 is 0. The molecule has 0 bridgehead atoms. The Hall–Kier alpha value is -1.63. The fraction of sp³-hybridized carbons (Fsp3) is 0.500. The summed E-state index contributed by atoms with van der Waals surface area (Å²) in [5, 5.41) is 15.7. The molecule has 1 heterocycles. The first-order valence-electron chi connectivity index (χ1n) is 3.58. The fourth-order valence-corrected chi connectivity index (χ4v) is 0.822. The lowest BCUT2D eigenvalue weighted by molar-refractivity contribution is 0.0595. The highest BCUT2D eigenvalue weighted by Crippen LogP contribution is 2.07. The van der Waals surface area contributed by atoms with Gasteiger partial charge in [-0.25, -0.2) is 9.48 Å². The average molecular weight is 186 g/mol. The van der Waals surface area contributed by atoms with E-state index in [2.05, 4.69) is 15.0 Å². The third-order valence-corrected chi connectivity index (χ3v) is 1.46. The van der Waals surface area contributed by atoms with E-state index in [0.29, 0.717) is 0 Å². The van der Waals surface area contributed by atoms with Crippen molar-refractivity contribution >= 4 is 11.8 Å². The van der Waals surface area contributed by atoms with Gasteiger partial charge in [-0.15, -0.1) is 5.10 Å². The standard InChI is InChI=1S/C6H10N4O3/c1-13-6(12)4-5(7)10(2-3-11)9-8-4/h11H,2-3,7H2,1H3. The lowest BCUT2D eigenvalue weighted by Gasteiger charge is -1.99. The molecule has 0 radical (unpaired) electrons. The first-order chi connectivity index (χ1) is 6.20. The van der Waals surface area contributed by atoms with E-state index >= 15 is 0 Å². The lowest BCUT2D eigenvalue weighted by Crippen LogP contribution is -2.10. The molecule has 0 aromatic carbocycles. The van der Waals surface area contributed by atoms with Gasteiger partial charge in [0.25, 0.3) is 0 Å². The molecular formula is C6H10N4O3. The number of nitrogens with zero attached hydrogens (tertiary/aromatic N) is 3. The van der Waals surface area contributed by atoms with Gasteiger partial charge in [0.05, 0.1) is 20.3 Å². The second kappa shape index (κ2) is 3.85. The highest BCUT2D eigenvalue weighted by Gasteiger charge is 2.17. The van der Waals surface area contributed by atoms with Crippen molar-refractivity contribution < 1.29 is 14.6 Å². The van der Waals surface area contributed by atoms with Crippen molar-refractivity contribution in [3.63, 3.8) is 0 Å². The molecule has 7 heteroatoms. The molecule has 0 atom stereocenters. The van der Waals surface area contributed by atoms with Crippen LogP contribution in [0, 0.1) is 0 Å². The van der Waals surface area contributed by atoms with Gasteiger partial charge in [0.2, 0.25) is 5.69 Å². The SMILES string of the molecule is COC(=O)c1nnn(CCO)c1N. The maximum atomic E-state index is 11.0. The monoisotopic (exact) mass is 186 g/mol. The van der Waals surface area contributed by atoms with Crippen LogP contribution in [0.5, 0.6) is 0 Å². The number of rotatable bonds is 3. The number of hydrogen-bond acceptors (Lipinski definition) is 6. The Balaban J connectivity index is 2.92. The number of carbonyl (C=O) groups is 1. The Bertz CT molecular complexity index is 309. The first-order valence-corrected chi connectivity index (χ1v) is 3.58. The molecule has 1 aromatic heterocycles. The Kier molecular flexibility index (Phi) is 2.80. The van der Waals surface area contributed by atoms with Gasteiger partial charge in [0.15, 0.2) is 5.82 Å². The minimum atomic E-state index is -0.637. The largest absolute Gasteiger partial charge is 0.464 e. The number of carbonyl (C=O) groups excluding carboxylic acids is 1. The predicted octanol–water partition coefficient (Wildman–Crippen LogP) is -1.36. The smallest absolute Gasteiger partial charge is 0.362 e. The van der Waals surface area contributed by atoms with Crippen LogP contribution >= 0.6 is 0 Å². The van der Waals surface area contributed by atoms with Crippen LogP contribution in [-0.2, 0) is 11.3 Å². The Morgan fingerprint density at radius 2 is 2.46 bits per heavy atom. The van der Waals surface area contributed by atoms with Gasteiger partial charge in [-0.3, -0.25) is 0 Å². The quantitative estimate of drug-likeness (QED) is 0.565. The molecule has 3 N–H and O–H groups in total. The number of nitrogens with two attached hydrogens (primary N) is 1. The van der Waals surface area contributed by atoms with E-state index in [1.807, 2.05) is 0 Å². The zero-order valence-electron chi connectivity index (χ0n) is 7.10. The first kappa shape index (κ1) is 9.46. The molecule has 1 aromatic rings.